The van der Waals surface area contributed by atoms with Gasteiger partial charge in [0.25, 0.3) is 15.9 Å². The zero-order chi connectivity index (χ0) is 34.2. The van der Waals surface area contributed by atoms with Crippen LogP contribution in [-0.2, 0) is 31.6 Å². The van der Waals surface area contributed by atoms with E-state index in [9.17, 15) is 18.5 Å². The third kappa shape index (κ3) is 5.77. The number of hydrogen-bond acceptors (Lipinski definition) is 10. The van der Waals surface area contributed by atoms with Gasteiger partial charge >= 0.3 is 6.09 Å². The van der Waals surface area contributed by atoms with E-state index in [0.29, 0.717) is 47.8 Å². The number of nitrogens with one attached hydrogen (secondary N) is 1. The first-order chi connectivity index (χ1) is 23.0. The largest absolute Gasteiger partial charge is 0.496 e. The molecule has 252 valence electrons. The summed E-state index contributed by atoms with van der Waals surface area (Å²) in [7, 11) is 0.136. The van der Waals surface area contributed by atoms with Crippen molar-refractivity contribution >= 4 is 39.3 Å². The second kappa shape index (κ2) is 13.4. The lowest BCUT2D eigenvalue weighted by molar-refractivity contribution is -0.132. The summed E-state index contributed by atoms with van der Waals surface area (Å²) >= 11 is 6.61. The molecule has 0 aromatic heterocycles. The number of amides is 2. The van der Waals surface area contributed by atoms with Crippen LogP contribution in [-0.4, -0.2) is 95.3 Å². The lowest BCUT2D eigenvalue weighted by Crippen LogP contribution is -2.57. The van der Waals surface area contributed by atoms with Crippen LogP contribution in [0.25, 0.3) is 0 Å². The number of carbonyl (C=O) groups is 2. The highest BCUT2D eigenvalue weighted by Crippen LogP contribution is 2.55. The van der Waals surface area contributed by atoms with Crippen molar-refractivity contribution < 1.29 is 27.5 Å². The number of fused-ring (bicyclic) bond motifs is 1. The van der Waals surface area contributed by atoms with Crippen molar-refractivity contribution in [3.05, 3.63) is 87.9 Å². The van der Waals surface area contributed by atoms with Crippen LogP contribution in [0.15, 0.2) is 65.6 Å². The van der Waals surface area contributed by atoms with E-state index in [-0.39, 0.29) is 16.1 Å². The van der Waals surface area contributed by atoms with Gasteiger partial charge in [-0.3, -0.25) is 9.69 Å². The Kier molecular flexibility index (Phi) is 9.39. The molecule has 3 aliphatic rings. The van der Waals surface area contributed by atoms with Crippen LogP contribution < -0.4 is 14.4 Å². The number of ether oxygens (including phenoxy) is 2. The smallest absolute Gasteiger partial charge is 0.410 e. The maximum absolute atomic E-state index is 15.3. The van der Waals surface area contributed by atoms with Gasteiger partial charge in [-0.05, 0) is 66.9 Å². The molecule has 1 N–H and O–H groups in total. The van der Waals surface area contributed by atoms with Crippen LogP contribution in [0.1, 0.15) is 35.1 Å². The predicted molar refractivity (Wildman–Crippen MR) is 179 cm³/mol. The van der Waals surface area contributed by atoms with Gasteiger partial charge in [-0.15, -0.1) is 0 Å². The minimum absolute atomic E-state index is 0.116. The molecule has 48 heavy (non-hydrogen) atoms. The molecule has 0 saturated carbocycles. The molecule has 2 saturated heterocycles. The minimum Gasteiger partial charge on any atom is -0.496 e. The molecule has 0 radical (unpaired) electrons. The standard InChI is InChI=1S/C34H37ClN6O6S/c1-38(2)33(43)47-31-5-4-16-40(31)34(27-12-8-24(19-30(27)46-3)22-39-17-14-37-15-18-39)28-20-25(35)9-13-29(28)41(32(34)42)48(44,45)26-10-6-23(21-36)7-11-26/h6-13,19-20,31,37H,4-5,14-18,22H2,1-3H3. The molecule has 2 amide bonds. The quantitative estimate of drug-likeness (QED) is 0.372. The number of carbonyl (C=O) groups excluding carboxylic acids is 2. The van der Waals surface area contributed by atoms with Gasteiger partial charge in [0.2, 0.25) is 0 Å². The molecule has 2 fully saturated rings. The first-order valence-corrected chi connectivity index (χ1v) is 17.5. The number of hydrogen-bond donors (Lipinski definition) is 1. The summed E-state index contributed by atoms with van der Waals surface area (Å²) in [6.07, 6.45) is -0.490. The molecule has 3 aliphatic heterocycles. The highest BCUT2D eigenvalue weighted by atomic mass is 35.5. The number of nitriles is 1. The van der Waals surface area contributed by atoms with Crippen LogP contribution >= 0.6 is 11.6 Å². The molecule has 2 atom stereocenters. The van der Waals surface area contributed by atoms with Crippen molar-refractivity contribution in [1.29, 1.82) is 5.26 Å². The number of likely N-dealkylation sites (tertiary alicyclic amines) is 1. The summed E-state index contributed by atoms with van der Waals surface area (Å²) in [5.74, 6) is -0.408. The molecule has 0 spiro atoms. The van der Waals surface area contributed by atoms with Gasteiger partial charge in [0.05, 0.1) is 29.3 Å². The molecule has 14 heteroatoms. The van der Waals surface area contributed by atoms with Gasteiger partial charge in [-0.1, -0.05) is 23.7 Å². The van der Waals surface area contributed by atoms with Crippen LogP contribution in [0.4, 0.5) is 10.5 Å². The van der Waals surface area contributed by atoms with E-state index in [1.807, 2.05) is 18.2 Å². The van der Waals surface area contributed by atoms with Gasteiger partial charge in [0, 0.05) is 69.5 Å². The van der Waals surface area contributed by atoms with E-state index in [1.165, 1.54) is 48.4 Å². The first-order valence-electron chi connectivity index (χ1n) is 15.7. The molecule has 0 bridgehead atoms. The molecular formula is C34H37ClN6O6S. The molecule has 6 rings (SSSR count). The molecule has 3 aromatic rings. The number of piperazine rings is 1. The maximum Gasteiger partial charge on any atom is 0.410 e. The Morgan fingerprint density at radius 3 is 2.46 bits per heavy atom. The third-order valence-corrected chi connectivity index (χ3v) is 11.0. The lowest BCUT2D eigenvalue weighted by Gasteiger charge is -2.41. The molecule has 0 aliphatic carbocycles. The van der Waals surface area contributed by atoms with Crippen molar-refractivity contribution in [2.75, 3.05) is 58.2 Å². The first kappa shape index (κ1) is 33.7. The van der Waals surface area contributed by atoms with Crippen LogP contribution in [0, 0.1) is 11.3 Å². The number of rotatable bonds is 8. The predicted octanol–water partition coefficient (Wildman–Crippen LogP) is 3.72. The molecule has 3 aromatic carbocycles. The summed E-state index contributed by atoms with van der Waals surface area (Å²) in [6, 6.07) is 17.6. The average Bonchev–Trinajstić information content (AvgIpc) is 3.64. The van der Waals surface area contributed by atoms with E-state index < -0.39 is 33.8 Å². The Balaban J connectivity index is 1.57. The van der Waals surface area contributed by atoms with Crippen molar-refractivity contribution in [3.63, 3.8) is 0 Å². The summed E-state index contributed by atoms with van der Waals surface area (Å²) in [5.41, 5.74) is 0.253. The number of anilines is 1. The van der Waals surface area contributed by atoms with Gasteiger partial charge in [0.1, 0.15) is 5.75 Å². The van der Waals surface area contributed by atoms with Gasteiger partial charge < -0.3 is 19.7 Å². The SMILES string of the molecule is COc1cc(CN2CCNCC2)ccc1C1(N2CCCC2OC(=O)N(C)C)C(=O)N(S(=O)(=O)c2ccc(C#N)cc2)c2ccc(Cl)cc21. The maximum atomic E-state index is 15.3. The van der Waals surface area contributed by atoms with Crippen LogP contribution in [0.5, 0.6) is 5.75 Å². The van der Waals surface area contributed by atoms with E-state index in [1.54, 1.807) is 31.1 Å². The number of nitrogens with zero attached hydrogens (tertiary/aromatic N) is 5. The molecule has 2 unspecified atom stereocenters. The third-order valence-electron chi connectivity index (χ3n) is 9.08. The summed E-state index contributed by atoms with van der Waals surface area (Å²) in [5, 5.41) is 12.9. The molecular weight excluding hydrogens is 656 g/mol. The van der Waals surface area contributed by atoms with Gasteiger partial charge in [-0.2, -0.15) is 5.26 Å². The monoisotopic (exact) mass is 692 g/mol. The zero-order valence-electron chi connectivity index (χ0n) is 27.0. The van der Waals surface area contributed by atoms with Crippen LogP contribution in [0.3, 0.4) is 0 Å². The Labute approximate surface area is 285 Å². The van der Waals surface area contributed by atoms with Gasteiger partial charge in [0.15, 0.2) is 11.8 Å². The minimum atomic E-state index is -4.51. The normalized spacial score (nSPS) is 21.5. The Hall–Kier alpha value is -4.19. The Morgan fingerprint density at radius 2 is 1.79 bits per heavy atom. The number of methoxy groups -OCH3 is 1. The Bertz CT molecular complexity index is 1880. The molecule has 3 heterocycles. The zero-order valence-corrected chi connectivity index (χ0v) is 28.6. The molecule has 12 nitrogen and oxygen atoms in total. The lowest BCUT2D eigenvalue weighted by atomic mass is 9.81. The van der Waals surface area contributed by atoms with E-state index in [4.69, 9.17) is 21.1 Å². The van der Waals surface area contributed by atoms with E-state index >= 15 is 4.79 Å². The van der Waals surface area contributed by atoms with Crippen LogP contribution in [0.2, 0.25) is 5.02 Å². The number of sulfonamides is 1. The second-order valence-electron chi connectivity index (χ2n) is 12.2. The summed E-state index contributed by atoms with van der Waals surface area (Å²) in [4.78, 5) is 33.5. The fraction of sp³-hybridized carbons (Fsp3) is 0.382. The van der Waals surface area contributed by atoms with Crippen molar-refractivity contribution in [2.24, 2.45) is 0 Å². The van der Waals surface area contributed by atoms with Gasteiger partial charge in [-0.25, -0.2) is 22.4 Å². The second-order valence-corrected chi connectivity index (χ2v) is 14.4. The topological polar surface area (TPSA) is 136 Å². The number of halogens is 1. The van der Waals surface area contributed by atoms with E-state index in [0.717, 1.165) is 36.0 Å². The van der Waals surface area contributed by atoms with Crippen molar-refractivity contribution in [1.82, 2.24) is 20.0 Å². The highest BCUT2D eigenvalue weighted by Gasteiger charge is 2.63. The fourth-order valence-electron chi connectivity index (χ4n) is 6.81. The van der Waals surface area contributed by atoms with Crippen molar-refractivity contribution in [3.8, 4) is 11.8 Å². The number of benzene rings is 3. The van der Waals surface area contributed by atoms with E-state index in [2.05, 4.69) is 10.2 Å². The Morgan fingerprint density at radius 1 is 1.06 bits per heavy atom. The fourth-order valence-corrected chi connectivity index (χ4v) is 8.44. The summed E-state index contributed by atoms with van der Waals surface area (Å²) < 4.78 is 41.6. The van der Waals surface area contributed by atoms with Crippen molar-refractivity contribution in [2.45, 2.75) is 36.0 Å². The summed E-state index contributed by atoms with van der Waals surface area (Å²) in [6.45, 7) is 4.50. The average molecular weight is 693 g/mol. The highest BCUT2D eigenvalue weighted by molar-refractivity contribution is 7.93.